The van der Waals surface area contributed by atoms with Crippen LogP contribution in [0.2, 0.25) is 0 Å². The molecule has 0 aliphatic heterocycles. The second-order valence-electron chi connectivity index (χ2n) is 2.05. The van der Waals surface area contributed by atoms with Gasteiger partial charge in [-0.2, -0.15) is 0 Å². The van der Waals surface area contributed by atoms with Crippen molar-refractivity contribution in [1.29, 1.82) is 0 Å². The molecular formula is C7H9NO3. The fourth-order valence-electron chi connectivity index (χ4n) is 0.700. The number of hydrogen-bond donors (Lipinski definition) is 1. The molecule has 0 fully saturated rings. The predicted octanol–water partition coefficient (Wildman–Crippen LogP) is 0.879. The van der Waals surface area contributed by atoms with Gasteiger partial charge in [-0.3, -0.25) is 9.63 Å². The van der Waals surface area contributed by atoms with Gasteiger partial charge in [-0.15, -0.1) is 0 Å². The topological polar surface area (TPSA) is 51.5 Å². The van der Waals surface area contributed by atoms with Crippen LogP contribution in [0.5, 0.6) is 0 Å². The first kappa shape index (κ1) is 7.81. The molecule has 1 aromatic heterocycles. The summed E-state index contributed by atoms with van der Waals surface area (Å²) in [7, 11) is 1.37. The molecule has 0 atom stereocenters. The zero-order chi connectivity index (χ0) is 8.27. The van der Waals surface area contributed by atoms with Crippen LogP contribution in [0.3, 0.4) is 0 Å². The van der Waals surface area contributed by atoms with Crippen LogP contribution in [0.15, 0.2) is 16.5 Å². The fourth-order valence-corrected chi connectivity index (χ4v) is 0.700. The minimum Gasteiger partial charge on any atom is -0.456 e. The number of carbonyl (C=O) groups excluding carboxylic acids is 1. The molecule has 0 unspecified atom stereocenters. The third kappa shape index (κ3) is 1.81. The molecule has 0 saturated carbocycles. The predicted molar refractivity (Wildman–Crippen MR) is 37.9 cm³/mol. The quantitative estimate of drug-likeness (QED) is 0.645. The van der Waals surface area contributed by atoms with Crippen LogP contribution in [0.4, 0.5) is 0 Å². The van der Waals surface area contributed by atoms with Crippen LogP contribution < -0.4 is 5.48 Å². The molecule has 0 aliphatic rings. The molecule has 0 spiro atoms. The van der Waals surface area contributed by atoms with E-state index < -0.39 is 0 Å². The highest BCUT2D eigenvalue weighted by atomic mass is 16.6. The summed E-state index contributed by atoms with van der Waals surface area (Å²) in [4.78, 5) is 15.3. The standard InChI is InChI=1S/C7H9NO3/c1-5-3-4-6(11-5)7(9)8-10-2/h3-4H,1-2H3,(H,8,9). The highest BCUT2D eigenvalue weighted by Gasteiger charge is 2.07. The van der Waals surface area contributed by atoms with Gasteiger partial charge in [0, 0.05) is 0 Å². The Balaban J connectivity index is 2.69. The lowest BCUT2D eigenvalue weighted by atomic mass is 10.4. The number of amides is 1. The Morgan fingerprint density at radius 3 is 2.82 bits per heavy atom. The zero-order valence-electron chi connectivity index (χ0n) is 6.38. The molecule has 0 radical (unpaired) electrons. The van der Waals surface area contributed by atoms with E-state index in [1.807, 2.05) is 0 Å². The van der Waals surface area contributed by atoms with Crippen LogP contribution in [-0.2, 0) is 4.84 Å². The van der Waals surface area contributed by atoms with E-state index in [2.05, 4.69) is 10.3 Å². The summed E-state index contributed by atoms with van der Waals surface area (Å²) in [6, 6.07) is 3.30. The van der Waals surface area contributed by atoms with E-state index in [0.717, 1.165) is 0 Å². The number of aryl methyl sites for hydroxylation is 1. The van der Waals surface area contributed by atoms with Crippen molar-refractivity contribution in [2.45, 2.75) is 6.92 Å². The van der Waals surface area contributed by atoms with Crippen molar-refractivity contribution >= 4 is 5.91 Å². The summed E-state index contributed by atoms with van der Waals surface area (Å²) in [5, 5.41) is 0. The number of hydrogen-bond acceptors (Lipinski definition) is 3. The van der Waals surface area contributed by atoms with Crippen LogP contribution in [-0.4, -0.2) is 13.0 Å². The molecule has 1 heterocycles. The first-order chi connectivity index (χ1) is 5.24. The van der Waals surface area contributed by atoms with Gasteiger partial charge in [-0.05, 0) is 19.1 Å². The largest absolute Gasteiger partial charge is 0.456 e. The Morgan fingerprint density at radius 2 is 2.36 bits per heavy atom. The SMILES string of the molecule is CONC(=O)c1ccc(C)o1. The van der Waals surface area contributed by atoms with E-state index >= 15 is 0 Å². The summed E-state index contributed by atoms with van der Waals surface area (Å²) < 4.78 is 5.01. The Morgan fingerprint density at radius 1 is 1.64 bits per heavy atom. The highest BCUT2D eigenvalue weighted by Crippen LogP contribution is 2.05. The van der Waals surface area contributed by atoms with Gasteiger partial charge in [-0.1, -0.05) is 0 Å². The molecule has 60 valence electrons. The summed E-state index contributed by atoms with van der Waals surface area (Å²) in [6.45, 7) is 1.77. The van der Waals surface area contributed by atoms with E-state index in [1.54, 1.807) is 19.1 Å². The number of carbonyl (C=O) groups is 1. The molecule has 0 aromatic carbocycles. The van der Waals surface area contributed by atoms with Crippen molar-refractivity contribution in [3.8, 4) is 0 Å². The van der Waals surface area contributed by atoms with Gasteiger partial charge in [0.15, 0.2) is 5.76 Å². The lowest BCUT2D eigenvalue weighted by Gasteiger charge is -1.96. The van der Waals surface area contributed by atoms with Crippen molar-refractivity contribution < 1.29 is 14.0 Å². The summed E-state index contributed by atoms with van der Waals surface area (Å²) >= 11 is 0. The Labute approximate surface area is 64.1 Å². The molecule has 0 bridgehead atoms. The molecule has 0 aliphatic carbocycles. The number of nitrogens with one attached hydrogen (secondary N) is 1. The van der Waals surface area contributed by atoms with E-state index in [-0.39, 0.29) is 11.7 Å². The Kier molecular flexibility index (Phi) is 2.28. The molecule has 1 amide bonds. The lowest BCUT2D eigenvalue weighted by Crippen LogP contribution is -2.20. The second-order valence-corrected chi connectivity index (χ2v) is 2.05. The van der Waals surface area contributed by atoms with Gasteiger partial charge >= 0.3 is 5.91 Å². The van der Waals surface area contributed by atoms with Crippen molar-refractivity contribution in [3.05, 3.63) is 23.7 Å². The van der Waals surface area contributed by atoms with E-state index in [9.17, 15) is 4.79 Å². The summed E-state index contributed by atoms with van der Waals surface area (Å²) in [6.07, 6.45) is 0. The molecule has 1 rings (SSSR count). The Hall–Kier alpha value is -1.29. The van der Waals surface area contributed by atoms with Gasteiger partial charge < -0.3 is 4.42 Å². The minimum atomic E-state index is -0.374. The van der Waals surface area contributed by atoms with Gasteiger partial charge in [0.2, 0.25) is 0 Å². The molecule has 4 heteroatoms. The molecule has 11 heavy (non-hydrogen) atoms. The molecule has 1 aromatic rings. The number of hydroxylamine groups is 1. The van der Waals surface area contributed by atoms with Crippen LogP contribution >= 0.6 is 0 Å². The first-order valence-electron chi connectivity index (χ1n) is 3.14. The third-order valence-corrected chi connectivity index (χ3v) is 1.16. The maximum Gasteiger partial charge on any atom is 0.310 e. The fraction of sp³-hybridized carbons (Fsp3) is 0.286. The average molecular weight is 155 g/mol. The van der Waals surface area contributed by atoms with Gasteiger partial charge in [0.1, 0.15) is 5.76 Å². The number of furan rings is 1. The summed E-state index contributed by atoms with van der Waals surface area (Å²) in [5.41, 5.74) is 2.14. The van der Waals surface area contributed by atoms with Crippen molar-refractivity contribution in [3.63, 3.8) is 0 Å². The maximum atomic E-state index is 10.9. The lowest BCUT2D eigenvalue weighted by molar-refractivity contribution is 0.0508. The average Bonchev–Trinajstić information content (AvgIpc) is 2.36. The minimum absolute atomic E-state index is 0.254. The van der Waals surface area contributed by atoms with E-state index in [0.29, 0.717) is 5.76 Å². The third-order valence-electron chi connectivity index (χ3n) is 1.16. The van der Waals surface area contributed by atoms with Gasteiger partial charge in [0.25, 0.3) is 0 Å². The normalized spacial score (nSPS) is 9.64. The van der Waals surface area contributed by atoms with Gasteiger partial charge in [0.05, 0.1) is 7.11 Å². The van der Waals surface area contributed by atoms with Crippen LogP contribution in [0, 0.1) is 6.92 Å². The monoisotopic (exact) mass is 155 g/mol. The molecule has 0 saturated heterocycles. The molecular weight excluding hydrogens is 146 g/mol. The maximum absolute atomic E-state index is 10.9. The highest BCUT2D eigenvalue weighted by molar-refractivity contribution is 5.90. The molecule has 4 nitrogen and oxygen atoms in total. The zero-order valence-corrected chi connectivity index (χ0v) is 6.38. The van der Waals surface area contributed by atoms with Crippen LogP contribution in [0.25, 0.3) is 0 Å². The van der Waals surface area contributed by atoms with Crippen LogP contribution in [0.1, 0.15) is 16.3 Å². The smallest absolute Gasteiger partial charge is 0.310 e. The van der Waals surface area contributed by atoms with E-state index in [1.165, 1.54) is 7.11 Å². The second kappa shape index (κ2) is 3.21. The molecule has 1 N–H and O–H groups in total. The van der Waals surface area contributed by atoms with Crippen molar-refractivity contribution in [2.75, 3.05) is 7.11 Å². The Bertz CT molecular complexity index is 254. The van der Waals surface area contributed by atoms with E-state index in [4.69, 9.17) is 4.42 Å². The number of rotatable bonds is 2. The first-order valence-corrected chi connectivity index (χ1v) is 3.14. The van der Waals surface area contributed by atoms with Crippen molar-refractivity contribution in [2.24, 2.45) is 0 Å². The van der Waals surface area contributed by atoms with Gasteiger partial charge in [-0.25, -0.2) is 5.48 Å². The van der Waals surface area contributed by atoms with Crippen molar-refractivity contribution in [1.82, 2.24) is 5.48 Å². The summed E-state index contributed by atoms with van der Waals surface area (Å²) in [5.74, 6) is 0.580.